The highest BCUT2D eigenvalue weighted by Crippen LogP contribution is 2.58. The van der Waals surface area contributed by atoms with Gasteiger partial charge in [0.15, 0.2) is 0 Å². The van der Waals surface area contributed by atoms with Crippen molar-refractivity contribution in [1.82, 2.24) is 0 Å². The van der Waals surface area contributed by atoms with Crippen LogP contribution in [0.5, 0.6) is 0 Å². The maximum Gasteiger partial charge on any atom is 0.265 e. The molecule has 4 aliphatic rings. The van der Waals surface area contributed by atoms with Gasteiger partial charge in [0.1, 0.15) is 0 Å². The van der Waals surface area contributed by atoms with E-state index in [1.807, 2.05) is 60.7 Å². The standard InChI is InChI=1S/C98H122N2O4/c1-5-9-13-17-21-25-29-33-37-45-65-97(66-46-38-34-30-26-22-18-14-10-6-2)85-51-43-41-49-73(85)75-55-53-71(69-87(75)97)99-93(101)81-61-57-77-79-59-63-83-92-84(64-60-80(90(79)92)78-58-62-82(94(99)102)91(81)89(77)78)96(104)100(95(83)103)72-54-56-76-74-50-42-44-52-86(74)98(88(76)70-72,67-47-39-35-31-27-23-19-15-11-7-3)68-48-40-36-32-28-24-20-16-12-8-4/h41-44,49-64,69-70H,5-40,45-48,65-68H2,1-4H3. The molecule has 0 saturated heterocycles. The molecule has 0 fully saturated rings. The Balaban J connectivity index is 0.782. The molecule has 0 bridgehead atoms. The first-order valence-corrected chi connectivity index (χ1v) is 42.7. The van der Waals surface area contributed by atoms with E-state index in [0.29, 0.717) is 44.4 Å². The van der Waals surface area contributed by atoms with Gasteiger partial charge in [0, 0.05) is 43.9 Å². The van der Waals surface area contributed by atoms with Gasteiger partial charge in [-0.05, 0) is 151 Å². The first-order chi connectivity index (χ1) is 51.2. The zero-order valence-electron chi connectivity index (χ0n) is 64.3. The second-order valence-electron chi connectivity index (χ2n) is 32.5. The van der Waals surface area contributed by atoms with Gasteiger partial charge in [0.2, 0.25) is 0 Å². The number of nitrogens with zero attached hydrogens (tertiary/aromatic N) is 2. The predicted octanol–water partition coefficient (Wildman–Crippen LogP) is 29.1. The molecule has 0 unspecified atom stereocenters. The Labute approximate surface area is 624 Å². The minimum Gasteiger partial charge on any atom is -0.268 e. The molecule has 548 valence electrons. The van der Waals surface area contributed by atoms with Crippen LogP contribution in [0.1, 0.15) is 374 Å². The number of anilines is 2. The third-order valence-electron chi connectivity index (χ3n) is 25.5. The second-order valence-corrected chi connectivity index (χ2v) is 32.5. The lowest BCUT2D eigenvalue weighted by atomic mass is 9.70. The highest BCUT2D eigenvalue weighted by molar-refractivity contribution is 6.45. The van der Waals surface area contributed by atoms with Crippen molar-refractivity contribution in [3.63, 3.8) is 0 Å². The average Bonchev–Trinajstić information content (AvgIpc) is 0.932. The molecule has 0 spiro atoms. The van der Waals surface area contributed by atoms with Gasteiger partial charge in [-0.2, -0.15) is 0 Å². The third kappa shape index (κ3) is 15.3. The SMILES string of the molecule is CCCCCCCCCCCCC1(CCCCCCCCCCCC)c2ccccc2-c2ccc(N3C(=O)c4ccc5c6ccc7c8c(ccc(c9ccc(c4c59)C3=O)c86)C(=O)N(c3ccc4c(c3)C(CCCCCCCCCCCC)(CCCCCCCCCCCC)c3ccccc3-4)C7=O)cc21. The summed E-state index contributed by atoms with van der Waals surface area (Å²) in [5, 5.41) is 6.65. The monoisotopic (exact) mass is 1390 g/mol. The Hall–Kier alpha value is -7.44. The molecule has 0 atom stereocenters. The van der Waals surface area contributed by atoms with Gasteiger partial charge in [-0.25, -0.2) is 9.80 Å². The van der Waals surface area contributed by atoms with E-state index >= 15 is 19.2 Å². The molecule has 0 radical (unpaired) electrons. The summed E-state index contributed by atoms with van der Waals surface area (Å²) >= 11 is 0. The first kappa shape index (κ1) is 74.8. The van der Waals surface area contributed by atoms with E-state index in [9.17, 15) is 0 Å². The maximum absolute atomic E-state index is 15.6. The number of carbonyl (C=O) groups excluding carboxylic acids is 4. The molecular weight excluding hydrogens is 1270 g/mol. The zero-order valence-corrected chi connectivity index (χ0v) is 64.3. The quantitative estimate of drug-likeness (QED) is 0.0165. The van der Waals surface area contributed by atoms with Gasteiger partial charge in [0.05, 0.1) is 11.4 Å². The van der Waals surface area contributed by atoms with Gasteiger partial charge in [0.25, 0.3) is 23.6 Å². The minimum atomic E-state index is -0.311. The number of hydrogen-bond acceptors (Lipinski definition) is 4. The van der Waals surface area contributed by atoms with Gasteiger partial charge in [-0.1, -0.05) is 369 Å². The molecule has 2 aliphatic heterocycles. The highest BCUT2D eigenvalue weighted by atomic mass is 16.2. The molecular formula is C98H122N2O4. The molecule has 6 heteroatoms. The summed E-state index contributed by atoms with van der Waals surface area (Å²) < 4.78 is 0. The normalized spacial score (nSPS) is 14.7. The fourth-order valence-electron chi connectivity index (χ4n) is 19.9. The summed E-state index contributed by atoms with van der Waals surface area (Å²) in [5.74, 6) is -1.24. The number of carbonyl (C=O) groups is 4. The van der Waals surface area contributed by atoms with Crippen LogP contribution in [0.3, 0.4) is 0 Å². The number of benzene rings is 9. The Morgan fingerprint density at radius 3 is 0.702 bits per heavy atom. The van der Waals surface area contributed by atoms with Crippen LogP contribution in [-0.2, 0) is 10.8 Å². The van der Waals surface area contributed by atoms with Crippen LogP contribution in [0.15, 0.2) is 133 Å². The molecule has 13 rings (SSSR count). The van der Waals surface area contributed by atoms with Crippen LogP contribution in [0.25, 0.3) is 65.3 Å². The zero-order chi connectivity index (χ0) is 71.8. The largest absolute Gasteiger partial charge is 0.268 e. The van der Waals surface area contributed by atoms with Crippen LogP contribution in [0.4, 0.5) is 11.4 Å². The van der Waals surface area contributed by atoms with Crippen molar-refractivity contribution in [3.05, 3.63) is 178 Å². The van der Waals surface area contributed by atoms with E-state index in [1.54, 1.807) is 0 Å². The van der Waals surface area contributed by atoms with Crippen molar-refractivity contribution in [2.24, 2.45) is 0 Å². The number of amides is 4. The van der Waals surface area contributed by atoms with Gasteiger partial charge in [-0.15, -0.1) is 0 Å². The van der Waals surface area contributed by atoms with E-state index in [2.05, 4.69) is 100 Å². The molecule has 6 nitrogen and oxygen atoms in total. The van der Waals surface area contributed by atoms with Crippen molar-refractivity contribution in [2.75, 3.05) is 9.80 Å². The Morgan fingerprint density at radius 2 is 0.442 bits per heavy atom. The van der Waals surface area contributed by atoms with Gasteiger partial charge >= 0.3 is 0 Å². The molecule has 4 amide bonds. The van der Waals surface area contributed by atoms with E-state index in [1.165, 1.54) is 285 Å². The fraction of sp³-hybridized carbons (Fsp3) is 0.510. The molecule has 0 N–H and O–H groups in total. The average molecular weight is 1390 g/mol. The van der Waals surface area contributed by atoms with Crippen molar-refractivity contribution >= 4 is 78.1 Å². The first-order valence-electron chi connectivity index (χ1n) is 42.7. The van der Waals surface area contributed by atoms with Crippen molar-refractivity contribution in [1.29, 1.82) is 0 Å². The van der Waals surface area contributed by atoms with Crippen molar-refractivity contribution in [3.8, 4) is 22.3 Å². The van der Waals surface area contributed by atoms with Gasteiger partial charge < -0.3 is 0 Å². The molecule has 2 heterocycles. The molecule has 104 heavy (non-hydrogen) atoms. The molecule has 2 aliphatic carbocycles. The smallest absolute Gasteiger partial charge is 0.265 e. The summed E-state index contributed by atoms with van der Waals surface area (Å²) in [4.78, 5) is 65.3. The molecule has 9 aromatic rings. The summed E-state index contributed by atoms with van der Waals surface area (Å²) in [6.07, 6.45) is 55.8. The summed E-state index contributed by atoms with van der Waals surface area (Å²) in [7, 11) is 0. The fourth-order valence-corrected chi connectivity index (χ4v) is 19.9. The highest BCUT2D eigenvalue weighted by Gasteiger charge is 2.46. The van der Waals surface area contributed by atoms with E-state index in [-0.39, 0.29) is 34.5 Å². The number of hydrogen-bond donors (Lipinski definition) is 0. The Kier molecular flexibility index (Phi) is 25.7. The van der Waals surface area contributed by atoms with Crippen molar-refractivity contribution in [2.45, 2.75) is 321 Å². The Morgan fingerprint density at radius 1 is 0.221 bits per heavy atom. The minimum absolute atomic E-state index is 0.218. The summed E-state index contributed by atoms with van der Waals surface area (Å²) in [6.45, 7) is 9.17. The van der Waals surface area contributed by atoms with E-state index in [4.69, 9.17) is 0 Å². The molecule has 0 aromatic heterocycles. The van der Waals surface area contributed by atoms with Crippen LogP contribution >= 0.6 is 0 Å². The number of rotatable bonds is 46. The van der Waals surface area contributed by atoms with Gasteiger partial charge in [-0.3, -0.25) is 19.2 Å². The van der Waals surface area contributed by atoms with Crippen molar-refractivity contribution < 1.29 is 19.2 Å². The second kappa shape index (κ2) is 35.8. The molecule has 0 saturated carbocycles. The van der Waals surface area contributed by atoms with E-state index in [0.717, 1.165) is 83.7 Å². The summed E-state index contributed by atoms with van der Waals surface area (Å²) in [6, 6.07) is 47.0. The lowest BCUT2D eigenvalue weighted by Gasteiger charge is -2.34. The Bertz CT molecular complexity index is 3980. The lowest BCUT2D eigenvalue weighted by Crippen LogP contribution is -2.41. The van der Waals surface area contributed by atoms with Crippen LogP contribution in [0, 0.1) is 0 Å². The molecule has 9 aromatic carbocycles. The summed E-state index contributed by atoms with van der Waals surface area (Å²) in [5.41, 5.74) is 13.2. The van der Waals surface area contributed by atoms with Crippen LogP contribution in [0.2, 0.25) is 0 Å². The van der Waals surface area contributed by atoms with E-state index < -0.39 is 0 Å². The number of imide groups is 2. The topological polar surface area (TPSA) is 74.8 Å². The maximum atomic E-state index is 15.6. The number of fused-ring (bicyclic) bond motifs is 8. The predicted molar refractivity (Wildman–Crippen MR) is 441 cm³/mol. The lowest BCUT2D eigenvalue weighted by molar-refractivity contribution is 0.0877. The third-order valence-corrected chi connectivity index (χ3v) is 25.5. The van der Waals surface area contributed by atoms with Crippen LogP contribution < -0.4 is 9.80 Å². The number of unbranched alkanes of at least 4 members (excludes halogenated alkanes) is 36. The van der Waals surface area contributed by atoms with Crippen LogP contribution in [-0.4, -0.2) is 23.6 Å².